The summed E-state index contributed by atoms with van der Waals surface area (Å²) in [7, 11) is 0. The molecule has 182 valence electrons. The van der Waals surface area contributed by atoms with Crippen molar-refractivity contribution < 1.29 is 4.74 Å². The number of hydrogen-bond acceptors (Lipinski definition) is 4. The summed E-state index contributed by atoms with van der Waals surface area (Å²) >= 11 is 0. The van der Waals surface area contributed by atoms with Gasteiger partial charge in [-0.15, -0.1) is 0 Å². The van der Waals surface area contributed by atoms with Gasteiger partial charge in [0.15, 0.2) is 0 Å². The molecule has 0 spiro atoms. The smallest absolute Gasteiger partial charge is 0.137 e. The fourth-order valence-corrected chi connectivity index (χ4v) is 5.63. The zero-order chi connectivity index (χ0) is 25.8. The topological polar surface area (TPSA) is 60.0 Å². The lowest BCUT2D eigenvalue weighted by Crippen LogP contribution is -2.53. The predicted molar refractivity (Wildman–Crippen MR) is 143 cm³/mol. The van der Waals surface area contributed by atoms with Gasteiger partial charge in [-0.25, -0.2) is 0 Å². The van der Waals surface area contributed by atoms with E-state index in [1.165, 1.54) is 16.8 Å². The third kappa shape index (κ3) is 4.55. The molecule has 0 amide bonds. The van der Waals surface area contributed by atoms with Crippen LogP contribution in [0.15, 0.2) is 53.0 Å². The molecule has 0 fully saturated rings. The van der Waals surface area contributed by atoms with E-state index in [9.17, 15) is 10.5 Å². The van der Waals surface area contributed by atoms with E-state index in [0.29, 0.717) is 17.3 Å². The average Bonchev–Trinajstić information content (AvgIpc) is 2.76. The van der Waals surface area contributed by atoms with Crippen molar-refractivity contribution in [3.8, 4) is 12.1 Å². The quantitative estimate of drug-likeness (QED) is 0.419. The van der Waals surface area contributed by atoms with Gasteiger partial charge in [0.1, 0.15) is 29.2 Å². The van der Waals surface area contributed by atoms with E-state index in [1.807, 2.05) is 24.3 Å². The standard InChI is InChI=1S/C31H37N3O/c1-20-17-31(7,8)34-12-11-30(5,6)26-14-21(13-25(20)28(26)34)9-10-24-15-22(23(18-32)19-33)16-27(35-24)29(2,3)4/h9-10,13-16,20H,11-12,17H2,1-8H3/b10-9+. The highest BCUT2D eigenvalue weighted by Crippen LogP contribution is 2.52. The Hall–Kier alpha value is -3.24. The average molecular weight is 468 g/mol. The van der Waals surface area contributed by atoms with Crippen LogP contribution in [0.2, 0.25) is 0 Å². The van der Waals surface area contributed by atoms with Gasteiger partial charge in [-0.1, -0.05) is 47.6 Å². The maximum atomic E-state index is 9.42. The van der Waals surface area contributed by atoms with Crippen LogP contribution in [0.1, 0.15) is 90.8 Å². The van der Waals surface area contributed by atoms with Gasteiger partial charge in [0.2, 0.25) is 0 Å². The molecule has 0 aromatic heterocycles. The lowest BCUT2D eigenvalue weighted by atomic mass is 9.69. The Morgan fingerprint density at radius 1 is 1.09 bits per heavy atom. The van der Waals surface area contributed by atoms with E-state index in [0.717, 1.165) is 30.7 Å². The summed E-state index contributed by atoms with van der Waals surface area (Å²) in [6.07, 6.45) is 9.93. The molecule has 0 N–H and O–H groups in total. The van der Waals surface area contributed by atoms with Crippen molar-refractivity contribution in [2.45, 2.75) is 85.1 Å². The maximum absolute atomic E-state index is 9.42. The Labute approximate surface area is 210 Å². The van der Waals surface area contributed by atoms with Crippen LogP contribution >= 0.6 is 0 Å². The normalized spacial score (nSPS) is 22.4. The number of rotatable bonds is 2. The number of nitrogens with zero attached hydrogens (tertiary/aromatic N) is 3. The lowest BCUT2D eigenvalue weighted by molar-refractivity contribution is 0.223. The Balaban J connectivity index is 1.78. The van der Waals surface area contributed by atoms with Crippen molar-refractivity contribution in [2.75, 3.05) is 11.4 Å². The van der Waals surface area contributed by atoms with Crippen LogP contribution < -0.4 is 4.90 Å². The Morgan fingerprint density at radius 3 is 2.40 bits per heavy atom. The molecule has 1 atom stereocenters. The molecule has 0 radical (unpaired) electrons. The number of nitriles is 2. The lowest BCUT2D eigenvalue weighted by Gasteiger charge is -2.53. The molecule has 35 heavy (non-hydrogen) atoms. The van der Waals surface area contributed by atoms with Crippen molar-refractivity contribution in [2.24, 2.45) is 5.41 Å². The van der Waals surface area contributed by atoms with Crippen LogP contribution in [0.5, 0.6) is 0 Å². The number of hydrogen-bond donors (Lipinski definition) is 0. The first-order valence-corrected chi connectivity index (χ1v) is 12.6. The monoisotopic (exact) mass is 467 g/mol. The summed E-state index contributed by atoms with van der Waals surface area (Å²) < 4.78 is 6.20. The molecule has 1 unspecified atom stereocenters. The van der Waals surface area contributed by atoms with Crippen LogP contribution in [0.4, 0.5) is 5.69 Å². The summed E-state index contributed by atoms with van der Waals surface area (Å²) in [5.74, 6) is 1.86. The molecule has 0 saturated carbocycles. The first kappa shape index (κ1) is 24.9. The van der Waals surface area contributed by atoms with Gasteiger partial charge in [0, 0.05) is 28.8 Å². The second-order valence-corrected chi connectivity index (χ2v) is 12.5. The fraction of sp³-hybridized carbons (Fsp3) is 0.484. The van der Waals surface area contributed by atoms with Gasteiger partial charge in [0.25, 0.3) is 0 Å². The molecular formula is C31H37N3O. The maximum Gasteiger partial charge on any atom is 0.137 e. The van der Waals surface area contributed by atoms with E-state index in [4.69, 9.17) is 4.74 Å². The highest BCUT2D eigenvalue weighted by molar-refractivity contribution is 5.72. The summed E-state index contributed by atoms with van der Waals surface area (Å²) in [6.45, 7) is 19.1. The first-order valence-electron chi connectivity index (χ1n) is 12.6. The van der Waals surface area contributed by atoms with Gasteiger partial charge in [-0.3, -0.25) is 0 Å². The molecule has 1 aromatic carbocycles. The Morgan fingerprint density at radius 2 is 1.77 bits per heavy atom. The van der Waals surface area contributed by atoms with Gasteiger partial charge >= 0.3 is 0 Å². The Bertz CT molecular complexity index is 1250. The number of anilines is 1. The molecule has 1 aromatic rings. The third-order valence-corrected chi connectivity index (χ3v) is 7.69. The van der Waals surface area contributed by atoms with Crippen molar-refractivity contribution in [3.63, 3.8) is 0 Å². The second-order valence-electron chi connectivity index (χ2n) is 12.5. The molecule has 4 heteroatoms. The molecule has 0 aliphatic carbocycles. The highest BCUT2D eigenvalue weighted by Gasteiger charge is 2.43. The molecule has 3 aliphatic heterocycles. The minimum atomic E-state index is -0.250. The third-order valence-electron chi connectivity index (χ3n) is 7.69. The van der Waals surface area contributed by atoms with Gasteiger partial charge < -0.3 is 9.64 Å². The van der Waals surface area contributed by atoms with Crippen LogP contribution in [-0.4, -0.2) is 12.1 Å². The molecular weight excluding hydrogens is 430 g/mol. The van der Waals surface area contributed by atoms with E-state index in [-0.39, 0.29) is 21.9 Å². The van der Waals surface area contributed by atoms with E-state index in [2.05, 4.69) is 78.5 Å². The number of allylic oxidation sites excluding steroid dienone is 6. The van der Waals surface area contributed by atoms with Crippen molar-refractivity contribution in [1.29, 1.82) is 10.5 Å². The fourth-order valence-electron chi connectivity index (χ4n) is 5.63. The molecule has 0 bridgehead atoms. The number of benzene rings is 1. The van der Waals surface area contributed by atoms with Crippen LogP contribution in [0, 0.1) is 28.1 Å². The molecule has 4 nitrogen and oxygen atoms in total. The van der Waals surface area contributed by atoms with Crippen LogP contribution in [0.3, 0.4) is 0 Å². The zero-order valence-corrected chi connectivity index (χ0v) is 22.4. The Kier molecular flexibility index (Phi) is 6.01. The van der Waals surface area contributed by atoms with Gasteiger partial charge in [-0.05, 0) is 85.1 Å². The summed E-state index contributed by atoms with van der Waals surface area (Å²) in [5, 5.41) is 18.8. The number of ether oxygens (including phenoxy) is 1. The minimum Gasteiger partial charge on any atom is -0.461 e. The molecule has 4 rings (SSSR count). The SMILES string of the molecule is CC1CC(C)(C)N2CCC(C)(C)c3cc(/C=C/C4=CC(=C(C#N)C#N)C=C(C(C)(C)C)O4)cc1c32. The molecule has 3 heterocycles. The van der Waals surface area contributed by atoms with Crippen molar-refractivity contribution in [1.82, 2.24) is 0 Å². The van der Waals surface area contributed by atoms with Crippen molar-refractivity contribution >= 4 is 11.8 Å². The van der Waals surface area contributed by atoms with Crippen molar-refractivity contribution in [3.05, 3.63) is 69.7 Å². The van der Waals surface area contributed by atoms with Gasteiger partial charge in [0.05, 0.1) is 0 Å². The highest BCUT2D eigenvalue weighted by atomic mass is 16.5. The zero-order valence-electron chi connectivity index (χ0n) is 22.4. The second kappa shape index (κ2) is 8.46. The summed E-state index contributed by atoms with van der Waals surface area (Å²) in [5.41, 5.74) is 6.16. The molecule has 0 saturated heterocycles. The van der Waals surface area contributed by atoms with E-state index >= 15 is 0 Å². The van der Waals surface area contributed by atoms with Crippen LogP contribution in [0.25, 0.3) is 6.08 Å². The van der Waals surface area contributed by atoms with Crippen LogP contribution in [-0.2, 0) is 10.2 Å². The van der Waals surface area contributed by atoms with Gasteiger partial charge in [-0.2, -0.15) is 10.5 Å². The summed E-state index contributed by atoms with van der Waals surface area (Å²) in [4.78, 5) is 2.63. The summed E-state index contributed by atoms with van der Waals surface area (Å²) in [6, 6.07) is 8.70. The first-order chi connectivity index (χ1) is 16.3. The minimum absolute atomic E-state index is 0.0949. The van der Waals surface area contributed by atoms with E-state index in [1.54, 1.807) is 6.08 Å². The largest absolute Gasteiger partial charge is 0.461 e. The van der Waals surface area contributed by atoms with E-state index < -0.39 is 0 Å². The molecule has 3 aliphatic rings. The predicted octanol–water partition coefficient (Wildman–Crippen LogP) is 7.66.